The van der Waals surface area contributed by atoms with Gasteiger partial charge in [-0.25, -0.2) is 4.98 Å². The first-order valence-electron chi connectivity index (χ1n) is 4.64. The predicted molar refractivity (Wildman–Crippen MR) is 69.1 cm³/mol. The van der Waals surface area contributed by atoms with Crippen LogP contribution >= 0.6 is 34.9 Å². The SMILES string of the molecule is O=Cc1c(SC2=NCCS2)nc2sccn12. The number of aldehydes is 1. The van der Waals surface area contributed by atoms with E-state index in [0.29, 0.717) is 5.69 Å². The standard InChI is InChI=1S/C9H7N3OS3/c13-5-6-7(16-9-10-1-3-15-9)11-8-12(6)2-4-14-8/h2,4-5H,1,3H2. The smallest absolute Gasteiger partial charge is 0.195 e. The summed E-state index contributed by atoms with van der Waals surface area (Å²) in [6.07, 6.45) is 2.72. The van der Waals surface area contributed by atoms with Crippen molar-refractivity contribution in [1.29, 1.82) is 0 Å². The van der Waals surface area contributed by atoms with Gasteiger partial charge in [0.15, 0.2) is 11.2 Å². The van der Waals surface area contributed by atoms with Gasteiger partial charge in [-0.3, -0.25) is 14.2 Å². The summed E-state index contributed by atoms with van der Waals surface area (Å²) >= 11 is 4.74. The highest BCUT2D eigenvalue weighted by atomic mass is 32.2. The molecule has 2 aromatic heterocycles. The van der Waals surface area contributed by atoms with E-state index in [1.807, 2.05) is 16.0 Å². The van der Waals surface area contributed by atoms with Crippen molar-refractivity contribution in [2.75, 3.05) is 12.3 Å². The molecule has 0 atom stereocenters. The van der Waals surface area contributed by atoms with Crippen molar-refractivity contribution in [3.8, 4) is 0 Å². The van der Waals surface area contributed by atoms with Crippen LogP contribution < -0.4 is 0 Å². The van der Waals surface area contributed by atoms with Gasteiger partial charge in [0.25, 0.3) is 0 Å². The van der Waals surface area contributed by atoms with Gasteiger partial charge in [0.1, 0.15) is 15.1 Å². The van der Waals surface area contributed by atoms with Gasteiger partial charge in [-0.1, -0.05) is 11.8 Å². The zero-order valence-electron chi connectivity index (χ0n) is 8.12. The average molecular weight is 269 g/mol. The Labute approximate surface area is 104 Å². The van der Waals surface area contributed by atoms with Gasteiger partial charge in [-0.15, -0.1) is 11.3 Å². The van der Waals surface area contributed by atoms with Crippen molar-refractivity contribution in [3.05, 3.63) is 17.3 Å². The van der Waals surface area contributed by atoms with Gasteiger partial charge in [0, 0.05) is 17.3 Å². The van der Waals surface area contributed by atoms with Crippen molar-refractivity contribution in [1.82, 2.24) is 9.38 Å². The van der Waals surface area contributed by atoms with Gasteiger partial charge in [-0.2, -0.15) is 0 Å². The van der Waals surface area contributed by atoms with Gasteiger partial charge in [0.2, 0.25) is 0 Å². The number of carbonyl (C=O) groups is 1. The van der Waals surface area contributed by atoms with E-state index in [1.165, 1.54) is 23.1 Å². The van der Waals surface area contributed by atoms with E-state index in [2.05, 4.69) is 9.98 Å². The molecule has 0 fully saturated rings. The first-order chi connectivity index (χ1) is 7.88. The molecule has 1 aliphatic heterocycles. The number of hydrogen-bond acceptors (Lipinski definition) is 6. The van der Waals surface area contributed by atoms with Crippen LogP contribution in [0.4, 0.5) is 0 Å². The molecule has 0 spiro atoms. The van der Waals surface area contributed by atoms with Crippen LogP contribution in [-0.4, -0.2) is 32.3 Å². The fraction of sp³-hybridized carbons (Fsp3) is 0.222. The Bertz CT molecular complexity index is 572. The Hall–Kier alpha value is -0.790. The molecule has 0 aliphatic carbocycles. The Morgan fingerprint density at radius 3 is 3.25 bits per heavy atom. The van der Waals surface area contributed by atoms with E-state index in [-0.39, 0.29) is 0 Å². The number of imidazole rings is 1. The molecule has 0 saturated carbocycles. The molecule has 1 aliphatic rings. The van der Waals surface area contributed by atoms with Gasteiger partial charge < -0.3 is 0 Å². The molecule has 3 rings (SSSR count). The maximum atomic E-state index is 11.1. The number of fused-ring (bicyclic) bond motifs is 1. The summed E-state index contributed by atoms with van der Waals surface area (Å²) in [5, 5.41) is 2.68. The fourth-order valence-corrected chi connectivity index (χ4v) is 4.17. The lowest BCUT2D eigenvalue weighted by Crippen LogP contribution is -1.90. The van der Waals surface area contributed by atoms with Crippen LogP contribution in [0.1, 0.15) is 10.5 Å². The number of thiazole rings is 1. The number of aromatic nitrogens is 2. The van der Waals surface area contributed by atoms with Crippen LogP contribution in [0, 0.1) is 0 Å². The van der Waals surface area contributed by atoms with E-state index in [1.54, 1.807) is 11.8 Å². The van der Waals surface area contributed by atoms with E-state index in [4.69, 9.17) is 0 Å². The van der Waals surface area contributed by atoms with Crippen LogP contribution in [0.25, 0.3) is 4.96 Å². The van der Waals surface area contributed by atoms with E-state index >= 15 is 0 Å². The van der Waals surface area contributed by atoms with Crippen LogP contribution in [0.5, 0.6) is 0 Å². The molecule has 0 N–H and O–H groups in total. The summed E-state index contributed by atoms with van der Waals surface area (Å²) < 4.78 is 2.83. The summed E-state index contributed by atoms with van der Waals surface area (Å²) in [6.45, 7) is 0.867. The molecule has 4 nitrogen and oxygen atoms in total. The number of thioether (sulfide) groups is 2. The van der Waals surface area contributed by atoms with Crippen LogP contribution in [0.15, 0.2) is 21.6 Å². The second-order valence-electron chi connectivity index (χ2n) is 3.07. The molecule has 0 bridgehead atoms. The highest BCUT2D eigenvalue weighted by Crippen LogP contribution is 2.31. The molecule has 2 aromatic rings. The minimum atomic E-state index is 0.622. The molecule has 0 unspecified atom stereocenters. The molecular formula is C9H7N3OS3. The minimum Gasteiger partial charge on any atom is -0.296 e. The summed E-state index contributed by atoms with van der Waals surface area (Å²) in [4.78, 5) is 20.7. The third-order valence-electron chi connectivity index (χ3n) is 2.12. The van der Waals surface area contributed by atoms with Crippen LogP contribution in [-0.2, 0) is 0 Å². The molecule has 0 amide bonds. The summed E-state index contributed by atoms with van der Waals surface area (Å²) in [5.74, 6) is 1.03. The molecular weight excluding hydrogens is 262 g/mol. The Kier molecular flexibility index (Phi) is 2.74. The highest BCUT2D eigenvalue weighted by molar-refractivity contribution is 8.39. The number of hydrogen-bond donors (Lipinski definition) is 0. The molecule has 3 heterocycles. The molecule has 7 heteroatoms. The quantitative estimate of drug-likeness (QED) is 0.785. The Balaban J connectivity index is 2.01. The zero-order chi connectivity index (χ0) is 11.0. The maximum absolute atomic E-state index is 11.1. The average Bonchev–Trinajstić information content (AvgIpc) is 2.93. The van der Waals surface area contributed by atoms with Crippen molar-refractivity contribution < 1.29 is 4.79 Å². The fourth-order valence-electron chi connectivity index (χ4n) is 1.43. The third kappa shape index (κ3) is 1.68. The van der Waals surface area contributed by atoms with Crippen molar-refractivity contribution in [2.45, 2.75) is 5.03 Å². The second kappa shape index (κ2) is 4.23. The molecule has 0 aromatic carbocycles. The van der Waals surface area contributed by atoms with Crippen molar-refractivity contribution in [2.24, 2.45) is 4.99 Å². The van der Waals surface area contributed by atoms with E-state index in [9.17, 15) is 4.79 Å². The number of carbonyl (C=O) groups excluding carboxylic acids is 1. The van der Waals surface area contributed by atoms with Gasteiger partial charge >= 0.3 is 0 Å². The first-order valence-corrected chi connectivity index (χ1v) is 7.32. The lowest BCUT2D eigenvalue weighted by Gasteiger charge is -1.96. The Morgan fingerprint density at radius 1 is 1.56 bits per heavy atom. The topological polar surface area (TPSA) is 46.7 Å². The van der Waals surface area contributed by atoms with Crippen LogP contribution in [0.2, 0.25) is 0 Å². The Morgan fingerprint density at radius 2 is 2.50 bits per heavy atom. The van der Waals surface area contributed by atoms with Gasteiger partial charge in [-0.05, 0) is 11.8 Å². The lowest BCUT2D eigenvalue weighted by molar-refractivity contribution is 0.111. The monoisotopic (exact) mass is 269 g/mol. The molecule has 0 saturated heterocycles. The van der Waals surface area contributed by atoms with Crippen molar-refractivity contribution in [3.63, 3.8) is 0 Å². The summed E-state index contributed by atoms with van der Waals surface area (Å²) in [7, 11) is 0. The van der Waals surface area contributed by atoms with E-state index < -0.39 is 0 Å². The highest BCUT2D eigenvalue weighted by Gasteiger charge is 2.17. The van der Waals surface area contributed by atoms with Crippen LogP contribution in [0.3, 0.4) is 0 Å². The minimum absolute atomic E-state index is 0.622. The first kappa shape index (κ1) is 10.4. The zero-order valence-corrected chi connectivity index (χ0v) is 10.6. The normalized spacial score (nSPS) is 15.6. The lowest BCUT2D eigenvalue weighted by atomic mass is 10.5. The predicted octanol–water partition coefficient (Wildman–Crippen LogP) is 2.40. The number of rotatable bonds is 2. The molecule has 82 valence electrons. The largest absolute Gasteiger partial charge is 0.296 e. The summed E-state index contributed by atoms with van der Waals surface area (Å²) in [5.41, 5.74) is 0.622. The molecule has 16 heavy (non-hydrogen) atoms. The third-order valence-corrected chi connectivity index (χ3v) is 5.04. The second-order valence-corrected chi connectivity index (χ2v) is 6.27. The molecule has 0 radical (unpaired) electrons. The maximum Gasteiger partial charge on any atom is 0.195 e. The number of aliphatic imine (C=N–C) groups is 1. The van der Waals surface area contributed by atoms with Gasteiger partial charge in [0.05, 0.1) is 6.54 Å². The number of nitrogens with zero attached hydrogens (tertiary/aromatic N) is 3. The van der Waals surface area contributed by atoms with Crippen molar-refractivity contribution >= 4 is 50.5 Å². The summed E-state index contributed by atoms with van der Waals surface area (Å²) in [6, 6.07) is 0. The van der Waals surface area contributed by atoms with E-state index in [0.717, 1.165) is 32.9 Å².